The summed E-state index contributed by atoms with van der Waals surface area (Å²) < 4.78 is 12.2. The van der Waals surface area contributed by atoms with Crippen LogP contribution in [0.3, 0.4) is 0 Å². The van der Waals surface area contributed by atoms with E-state index in [9.17, 15) is 0 Å². The molecule has 1 aliphatic heterocycles. The average Bonchev–Trinajstić information content (AvgIpc) is 2.57. The standard InChI is InChI=1S/C17H16BrN3O2/c1-12-9-14(11-17(20-12)21-5-7-22-8-6-21)23-16-10-13(19-2)3-4-15(16)18/h3-4,9-11H,5-8H2,1H3. The summed E-state index contributed by atoms with van der Waals surface area (Å²) in [6, 6.07) is 9.11. The van der Waals surface area contributed by atoms with Crippen molar-refractivity contribution < 1.29 is 9.47 Å². The van der Waals surface area contributed by atoms with Crippen LogP contribution in [0.2, 0.25) is 0 Å². The Balaban J connectivity index is 1.88. The topological polar surface area (TPSA) is 39.0 Å². The van der Waals surface area contributed by atoms with Crippen LogP contribution in [0.5, 0.6) is 11.5 Å². The van der Waals surface area contributed by atoms with Gasteiger partial charge in [0.25, 0.3) is 0 Å². The second kappa shape index (κ2) is 6.99. The number of morpholine rings is 1. The van der Waals surface area contributed by atoms with Crippen molar-refractivity contribution in [2.75, 3.05) is 31.2 Å². The second-order valence-electron chi connectivity index (χ2n) is 5.23. The number of ether oxygens (including phenoxy) is 2. The van der Waals surface area contributed by atoms with Crippen LogP contribution in [0, 0.1) is 13.5 Å². The van der Waals surface area contributed by atoms with Gasteiger partial charge in [-0.15, -0.1) is 0 Å². The first-order chi connectivity index (χ1) is 11.2. The Bertz CT molecular complexity index is 752. The van der Waals surface area contributed by atoms with E-state index in [4.69, 9.17) is 16.0 Å². The molecule has 5 nitrogen and oxygen atoms in total. The molecule has 0 saturated carbocycles. The van der Waals surface area contributed by atoms with Crippen LogP contribution in [0.25, 0.3) is 4.85 Å². The minimum atomic E-state index is 0.544. The zero-order valence-corrected chi connectivity index (χ0v) is 14.3. The summed E-state index contributed by atoms with van der Waals surface area (Å²) in [6.45, 7) is 12.1. The molecule has 1 aliphatic rings. The number of nitrogens with zero attached hydrogens (tertiary/aromatic N) is 3. The normalized spacial score (nSPS) is 14.4. The monoisotopic (exact) mass is 373 g/mol. The number of hydrogen-bond donors (Lipinski definition) is 0. The van der Waals surface area contributed by atoms with Gasteiger partial charge >= 0.3 is 0 Å². The molecule has 0 bridgehead atoms. The molecule has 2 heterocycles. The Kier molecular flexibility index (Phi) is 4.79. The lowest BCUT2D eigenvalue weighted by atomic mass is 10.3. The SMILES string of the molecule is [C-]#[N+]c1ccc(Br)c(Oc2cc(C)nc(N3CCOCC3)c2)c1. The summed E-state index contributed by atoms with van der Waals surface area (Å²) in [5.41, 5.74) is 1.43. The first kappa shape index (κ1) is 15.8. The maximum absolute atomic E-state index is 7.12. The summed E-state index contributed by atoms with van der Waals surface area (Å²) >= 11 is 3.46. The smallest absolute Gasteiger partial charge is 0.190 e. The van der Waals surface area contributed by atoms with Crippen molar-refractivity contribution in [2.45, 2.75) is 6.92 Å². The molecule has 6 heteroatoms. The lowest BCUT2D eigenvalue weighted by Gasteiger charge is -2.28. The summed E-state index contributed by atoms with van der Waals surface area (Å²) in [5.74, 6) is 2.22. The van der Waals surface area contributed by atoms with Gasteiger partial charge in [-0.25, -0.2) is 9.83 Å². The Hall–Kier alpha value is -2.10. The molecule has 1 aromatic carbocycles. The van der Waals surface area contributed by atoms with Gasteiger partial charge in [0.05, 0.1) is 24.3 Å². The van der Waals surface area contributed by atoms with Crippen molar-refractivity contribution in [2.24, 2.45) is 0 Å². The van der Waals surface area contributed by atoms with E-state index >= 15 is 0 Å². The summed E-state index contributed by atoms with van der Waals surface area (Å²) in [6.07, 6.45) is 0. The molecule has 0 spiro atoms. The van der Waals surface area contributed by atoms with E-state index in [0.29, 0.717) is 30.4 Å². The fourth-order valence-electron chi connectivity index (χ4n) is 2.40. The molecule has 3 rings (SSSR count). The van der Waals surface area contributed by atoms with Crippen LogP contribution < -0.4 is 9.64 Å². The van der Waals surface area contributed by atoms with Gasteiger partial charge in [0.15, 0.2) is 5.69 Å². The molecule has 2 aromatic rings. The Morgan fingerprint density at radius 3 is 2.78 bits per heavy atom. The average molecular weight is 374 g/mol. The number of anilines is 1. The number of rotatable bonds is 3. The molecule has 0 amide bonds. The van der Waals surface area contributed by atoms with Crippen molar-refractivity contribution in [3.63, 3.8) is 0 Å². The van der Waals surface area contributed by atoms with Crippen molar-refractivity contribution in [3.8, 4) is 11.5 Å². The van der Waals surface area contributed by atoms with Gasteiger partial charge in [-0.3, -0.25) is 0 Å². The molecular weight excluding hydrogens is 358 g/mol. The highest BCUT2D eigenvalue weighted by atomic mass is 79.9. The maximum Gasteiger partial charge on any atom is 0.190 e. The molecule has 23 heavy (non-hydrogen) atoms. The number of pyridine rings is 1. The number of aryl methyl sites for hydroxylation is 1. The van der Waals surface area contributed by atoms with Gasteiger partial charge in [-0.1, -0.05) is 12.1 Å². The van der Waals surface area contributed by atoms with Crippen LogP contribution in [-0.4, -0.2) is 31.3 Å². The second-order valence-corrected chi connectivity index (χ2v) is 6.08. The summed E-state index contributed by atoms with van der Waals surface area (Å²) in [7, 11) is 0. The number of halogens is 1. The molecule has 118 valence electrons. The van der Waals surface area contributed by atoms with E-state index in [1.54, 1.807) is 12.1 Å². The highest BCUT2D eigenvalue weighted by Crippen LogP contribution is 2.34. The molecule has 0 N–H and O–H groups in total. The quantitative estimate of drug-likeness (QED) is 0.750. The Labute approximate surface area is 143 Å². The highest BCUT2D eigenvalue weighted by Gasteiger charge is 2.14. The van der Waals surface area contributed by atoms with Crippen molar-refractivity contribution >= 4 is 27.4 Å². The van der Waals surface area contributed by atoms with Crippen molar-refractivity contribution in [3.05, 3.63) is 51.9 Å². The van der Waals surface area contributed by atoms with Gasteiger partial charge < -0.3 is 14.4 Å². The number of benzene rings is 1. The van der Waals surface area contributed by atoms with E-state index < -0.39 is 0 Å². The van der Waals surface area contributed by atoms with Crippen LogP contribution in [-0.2, 0) is 4.74 Å². The van der Waals surface area contributed by atoms with E-state index in [1.165, 1.54) is 0 Å². The first-order valence-corrected chi connectivity index (χ1v) is 8.11. The van der Waals surface area contributed by atoms with E-state index in [2.05, 4.69) is 30.7 Å². The zero-order chi connectivity index (χ0) is 16.2. The fourth-order valence-corrected chi connectivity index (χ4v) is 2.73. The lowest BCUT2D eigenvalue weighted by Crippen LogP contribution is -2.36. The Morgan fingerprint density at radius 1 is 1.26 bits per heavy atom. The molecule has 1 aromatic heterocycles. The molecular formula is C17H16BrN3O2. The third-order valence-electron chi connectivity index (χ3n) is 3.52. The molecule has 1 saturated heterocycles. The molecule has 0 aliphatic carbocycles. The van der Waals surface area contributed by atoms with Gasteiger partial charge in [-0.05, 0) is 28.9 Å². The number of aromatic nitrogens is 1. The van der Waals surface area contributed by atoms with Crippen LogP contribution >= 0.6 is 15.9 Å². The van der Waals surface area contributed by atoms with Gasteiger partial charge in [0.1, 0.15) is 17.3 Å². The molecule has 1 fully saturated rings. The molecule has 0 unspecified atom stereocenters. The largest absolute Gasteiger partial charge is 0.457 e. The number of hydrogen-bond acceptors (Lipinski definition) is 4. The minimum absolute atomic E-state index is 0.544. The Morgan fingerprint density at radius 2 is 2.04 bits per heavy atom. The summed E-state index contributed by atoms with van der Waals surface area (Å²) in [4.78, 5) is 10.2. The third kappa shape index (κ3) is 3.81. The summed E-state index contributed by atoms with van der Waals surface area (Å²) in [5, 5.41) is 0. The van der Waals surface area contributed by atoms with Crippen molar-refractivity contribution in [1.82, 2.24) is 4.98 Å². The third-order valence-corrected chi connectivity index (χ3v) is 4.18. The predicted molar refractivity (Wildman–Crippen MR) is 92.5 cm³/mol. The minimum Gasteiger partial charge on any atom is -0.457 e. The van der Waals surface area contributed by atoms with Crippen LogP contribution in [0.15, 0.2) is 34.8 Å². The van der Waals surface area contributed by atoms with Gasteiger partial charge in [0, 0.05) is 30.9 Å². The molecule has 0 atom stereocenters. The lowest BCUT2D eigenvalue weighted by molar-refractivity contribution is 0.122. The van der Waals surface area contributed by atoms with E-state index in [1.807, 2.05) is 25.1 Å². The fraction of sp³-hybridized carbons (Fsp3) is 0.294. The van der Waals surface area contributed by atoms with Crippen molar-refractivity contribution in [1.29, 1.82) is 0 Å². The van der Waals surface area contributed by atoms with E-state index in [0.717, 1.165) is 29.1 Å². The van der Waals surface area contributed by atoms with Crippen LogP contribution in [0.4, 0.5) is 11.5 Å². The molecule has 0 radical (unpaired) electrons. The zero-order valence-electron chi connectivity index (χ0n) is 12.8. The predicted octanol–water partition coefficient (Wildman–Crippen LogP) is 4.33. The van der Waals surface area contributed by atoms with Crippen LogP contribution in [0.1, 0.15) is 5.69 Å². The van der Waals surface area contributed by atoms with E-state index in [-0.39, 0.29) is 0 Å². The first-order valence-electron chi connectivity index (χ1n) is 7.32. The van der Waals surface area contributed by atoms with Gasteiger partial charge in [-0.2, -0.15) is 0 Å². The highest BCUT2D eigenvalue weighted by molar-refractivity contribution is 9.10. The maximum atomic E-state index is 7.12. The van der Waals surface area contributed by atoms with Gasteiger partial charge in [0.2, 0.25) is 0 Å².